The summed E-state index contributed by atoms with van der Waals surface area (Å²) in [7, 11) is 1.98. The van der Waals surface area contributed by atoms with Crippen LogP contribution in [-0.2, 0) is 6.54 Å². The first-order chi connectivity index (χ1) is 7.56. The van der Waals surface area contributed by atoms with Crippen molar-refractivity contribution in [2.24, 2.45) is 5.73 Å². The highest BCUT2D eigenvalue weighted by atomic mass is 16.3. The van der Waals surface area contributed by atoms with Crippen LogP contribution in [0.4, 0.5) is 5.82 Å². The molecular formula is C12H21N3O. The number of aromatic nitrogens is 1. The molecule has 0 aliphatic carbocycles. The maximum Gasteiger partial charge on any atom is 0.133 e. The van der Waals surface area contributed by atoms with Gasteiger partial charge in [0.15, 0.2) is 0 Å². The molecule has 1 atom stereocenters. The monoisotopic (exact) mass is 223 g/mol. The predicted molar refractivity (Wildman–Crippen MR) is 66.4 cm³/mol. The van der Waals surface area contributed by atoms with Gasteiger partial charge < -0.3 is 15.7 Å². The second-order valence-corrected chi connectivity index (χ2v) is 4.19. The van der Waals surface area contributed by atoms with Crippen molar-refractivity contribution in [2.45, 2.75) is 32.9 Å². The van der Waals surface area contributed by atoms with E-state index in [1.54, 1.807) is 13.1 Å². The van der Waals surface area contributed by atoms with Crippen LogP contribution in [0.15, 0.2) is 12.3 Å². The minimum Gasteiger partial charge on any atom is -0.393 e. The molecule has 3 N–H and O–H groups in total. The topological polar surface area (TPSA) is 62.4 Å². The molecule has 1 aromatic rings. The molecular weight excluding hydrogens is 202 g/mol. The van der Waals surface area contributed by atoms with Crippen molar-refractivity contribution >= 4 is 5.82 Å². The van der Waals surface area contributed by atoms with E-state index in [2.05, 4.69) is 4.98 Å². The quantitative estimate of drug-likeness (QED) is 0.783. The normalized spacial score (nSPS) is 12.6. The van der Waals surface area contributed by atoms with Crippen molar-refractivity contribution < 1.29 is 5.11 Å². The number of aryl methyl sites for hydroxylation is 1. The van der Waals surface area contributed by atoms with E-state index in [-0.39, 0.29) is 6.10 Å². The molecule has 0 bridgehead atoms. The van der Waals surface area contributed by atoms with Crippen molar-refractivity contribution in [3.05, 3.63) is 23.4 Å². The lowest BCUT2D eigenvalue weighted by atomic mass is 10.1. The number of nitrogens with two attached hydrogens (primary N) is 1. The van der Waals surface area contributed by atoms with Gasteiger partial charge in [0.1, 0.15) is 5.82 Å². The van der Waals surface area contributed by atoms with Crippen LogP contribution in [0.5, 0.6) is 0 Å². The van der Waals surface area contributed by atoms with E-state index in [0.717, 1.165) is 29.9 Å². The molecule has 4 heteroatoms. The van der Waals surface area contributed by atoms with Gasteiger partial charge in [-0.05, 0) is 31.9 Å². The zero-order valence-corrected chi connectivity index (χ0v) is 10.3. The first kappa shape index (κ1) is 12.9. The number of anilines is 1. The van der Waals surface area contributed by atoms with Gasteiger partial charge in [-0.15, -0.1) is 0 Å². The van der Waals surface area contributed by atoms with Crippen molar-refractivity contribution in [2.75, 3.05) is 18.5 Å². The van der Waals surface area contributed by atoms with Gasteiger partial charge in [-0.1, -0.05) is 0 Å². The number of hydrogen-bond donors (Lipinski definition) is 2. The lowest BCUT2D eigenvalue weighted by Gasteiger charge is -2.22. The second-order valence-electron chi connectivity index (χ2n) is 4.19. The van der Waals surface area contributed by atoms with Crippen LogP contribution in [0.3, 0.4) is 0 Å². The summed E-state index contributed by atoms with van der Waals surface area (Å²) in [6.07, 6.45) is 2.24. The maximum absolute atomic E-state index is 9.26. The zero-order chi connectivity index (χ0) is 12.1. The highest BCUT2D eigenvalue weighted by Gasteiger charge is 2.10. The molecule has 0 aliphatic rings. The fourth-order valence-electron chi connectivity index (χ4n) is 1.64. The Morgan fingerprint density at radius 3 is 2.81 bits per heavy atom. The van der Waals surface area contributed by atoms with Gasteiger partial charge in [0.25, 0.3) is 0 Å². The third-order valence-corrected chi connectivity index (χ3v) is 2.72. The van der Waals surface area contributed by atoms with Crippen molar-refractivity contribution in [1.29, 1.82) is 0 Å². The molecule has 0 saturated heterocycles. The van der Waals surface area contributed by atoms with Gasteiger partial charge in [0.2, 0.25) is 0 Å². The number of pyridine rings is 1. The molecule has 1 aromatic heterocycles. The summed E-state index contributed by atoms with van der Waals surface area (Å²) in [5.41, 5.74) is 7.97. The fourth-order valence-corrected chi connectivity index (χ4v) is 1.64. The van der Waals surface area contributed by atoms with Gasteiger partial charge in [-0.2, -0.15) is 0 Å². The van der Waals surface area contributed by atoms with E-state index in [1.165, 1.54) is 0 Å². The molecule has 0 aromatic carbocycles. The standard InChI is InChI=1S/C12H21N3O/c1-9-4-6-14-12(11(9)8-13)15(3)7-5-10(2)16/h4,6,10,16H,5,7-8,13H2,1-3H3. The van der Waals surface area contributed by atoms with Crippen LogP contribution in [0.1, 0.15) is 24.5 Å². The molecule has 0 radical (unpaired) electrons. The largest absolute Gasteiger partial charge is 0.393 e. The zero-order valence-electron chi connectivity index (χ0n) is 10.3. The average Bonchev–Trinajstić information content (AvgIpc) is 2.25. The third-order valence-electron chi connectivity index (χ3n) is 2.72. The highest BCUT2D eigenvalue weighted by molar-refractivity contribution is 5.49. The van der Waals surface area contributed by atoms with E-state index < -0.39 is 0 Å². The van der Waals surface area contributed by atoms with E-state index in [1.807, 2.05) is 24.9 Å². The average molecular weight is 223 g/mol. The second kappa shape index (κ2) is 5.82. The first-order valence-corrected chi connectivity index (χ1v) is 5.60. The molecule has 16 heavy (non-hydrogen) atoms. The van der Waals surface area contributed by atoms with E-state index >= 15 is 0 Å². The van der Waals surface area contributed by atoms with Gasteiger partial charge in [0, 0.05) is 31.9 Å². The van der Waals surface area contributed by atoms with Gasteiger partial charge in [-0.25, -0.2) is 4.98 Å². The van der Waals surface area contributed by atoms with Crippen LogP contribution in [-0.4, -0.2) is 29.8 Å². The van der Waals surface area contributed by atoms with Gasteiger partial charge in [-0.3, -0.25) is 0 Å². The minimum absolute atomic E-state index is 0.284. The van der Waals surface area contributed by atoms with Crippen LogP contribution in [0.2, 0.25) is 0 Å². The predicted octanol–water partition coefficient (Wildman–Crippen LogP) is 1.06. The summed E-state index contributed by atoms with van der Waals surface area (Å²) in [6.45, 7) is 5.10. The fraction of sp³-hybridized carbons (Fsp3) is 0.583. The lowest BCUT2D eigenvalue weighted by Crippen LogP contribution is -2.24. The van der Waals surface area contributed by atoms with Crippen LogP contribution < -0.4 is 10.6 Å². The molecule has 0 saturated carbocycles. The van der Waals surface area contributed by atoms with Gasteiger partial charge >= 0.3 is 0 Å². The molecule has 1 rings (SSSR count). The summed E-state index contributed by atoms with van der Waals surface area (Å²) in [5.74, 6) is 0.920. The maximum atomic E-state index is 9.26. The molecule has 0 aliphatic heterocycles. The summed E-state index contributed by atoms with van der Waals surface area (Å²) < 4.78 is 0. The molecule has 0 fully saturated rings. The molecule has 4 nitrogen and oxygen atoms in total. The van der Waals surface area contributed by atoms with Gasteiger partial charge in [0.05, 0.1) is 6.10 Å². The summed E-state index contributed by atoms with van der Waals surface area (Å²) >= 11 is 0. The molecule has 0 amide bonds. The van der Waals surface area contributed by atoms with Crippen LogP contribution in [0.25, 0.3) is 0 Å². The summed E-state index contributed by atoms with van der Waals surface area (Å²) in [6, 6.07) is 1.97. The Balaban J connectivity index is 2.82. The van der Waals surface area contributed by atoms with Crippen molar-refractivity contribution in [1.82, 2.24) is 4.98 Å². The Morgan fingerprint density at radius 1 is 1.56 bits per heavy atom. The number of aliphatic hydroxyl groups is 1. The Bertz CT molecular complexity index is 339. The van der Waals surface area contributed by atoms with Crippen LogP contribution in [0, 0.1) is 6.92 Å². The third kappa shape index (κ3) is 3.18. The first-order valence-electron chi connectivity index (χ1n) is 5.60. The summed E-state index contributed by atoms with van der Waals surface area (Å²) in [4.78, 5) is 6.40. The number of aliphatic hydroxyl groups excluding tert-OH is 1. The Morgan fingerprint density at radius 2 is 2.25 bits per heavy atom. The Labute approximate surface area is 97.1 Å². The lowest BCUT2D eigenvalue weighted by molar-refractivity contribution is 0.187. The van der Waals surface area contributed by atoms with E-state index in [9.17, 15) is 5.11 Å². The smallest absolute Gasteiger partial charge is 0.133 e. The van der Waals surface area contributed by atoms with E-state index in [4.69, 9.17) is 5.73 Å². The molecule has 0 spiro atoms. The molecule has 1 unspecified atom stereocenters. The molecule has 1 heterocycles. The minimum atomic E-state index is -0.284. The number of nitrogens with zero attached hydrogens (tertiary/aromatic N) is 2. The molecule has 90 valence electrons. The van der Waals surface area contributed by atoms with E-state index in [0.29, 0.717) is 6.54 Å². The van der Waals surface area contributed by atoms with Crippen molar-refractivity contribution in [3.8, 4) is 0 Å². The highest BCUT2D eigenvalue weighted by Crippen LogP contribution is 2.19. The Hall–Kier alpha value is -1.13. The summed E-state index contributed by atoms with van der Waals surface area (Å²) in [5, 5.41) is 9.26. The number of rotatable bonds is 5. The SMILES string of the molecule is Cc1ccnc(N(C)CCC(C)O)c1CN. The number of hydrogen-bond acceptors (Lipinski definition) is 4. The van der Waals surface area contributed by atoms with Crippen molar-refractivity contribution in [3.63, 3.8) is 0 Å². The van der Waals surface area contributed by atoms with Crippen LogP contribution >= 0.6 is 0 Å². The Kier molecular flexibility index (Phi) is 4.71.